The molecule has 0 aliphatic rings. The molecule has 23 heavy (non-hydrogen) atoms. The number of carbonyl (C=O) groups excluding carboxylic acids is 1. The Labute approximate surface area is 130 Å². The number of hydrogen-bond donors (Lipinski definition) is 2. The number of aromatic amines is 2. The van der Waals surface area contributed by atoms with E-state index in [-0.39, 0.29) is 5.78 Å². The number of nitrogens with one attached hydrogen (secondary N) is 2. The first-order valence-corrected chi connectivity index (χ1v) is 7.01. The van der Waals surface area contributed by atoms with E-state index >= 15 is 0 Å². The fourth-order valence-corrected chi connectivity index (χ4v) is 2.64. The van der Waals surface area contributed by atoms with Gasteiger partial charge in [-0.2, -0.15) is 9.49 Å². The monoisotopic (exact) mass is 309 g/mol. The maximum atomic E-state index is 13.6. The molecule has 0 bridgehead atoms. The Hall–Kier alpha value is -3.15. The van der Waals surface area contributed by atoms with Crippen LogP contribution < -0.4 is 4.74 Å². The number of methoxy groups -OCH3 is 1. The number of carbonyl (C=O) groups is 1. The molecule has 4 aromatic rings. The normalized spacial score (nSPS) is 11.2. The highest BCUT2D eigenvalue weighted by Crippen LogP contribution is 2.24. The van der Waals surface area contributed by atoms with Crippen LogP contribution in [0, 0.1) is 5.95 Å². The number of hydrogen-bond acceptors (Lipinski definition) is 3. The third-order valence-electron chi connectivity index (χ3n) is 3.84. The van der Waals surface area contributed by atoms with Crippen LogP contribution in [0.3, 0.4) is 0 Å². The Balaban J connectivity index is 1.78. The lowest BCUT2D eigenvalue weighted by Gasteiger charge is -1.98. The molecule has 0 saturated carbocycles. The summed E-state index contributed by atoms with van der Waals surface area (Å²) in [6, 6.07) is 12.0. The lowest BCUT2D eigenvalue weighted by atomic mass is 10.1. The quantitative estimate of drug-likeness (QED) is 0.570. The van der Waals surface area contributed by atoms with Crippen molar-refractivity contribution >= 4 is 27.6 Å². The molecule has 0 atom stereocenters. The molecule has 5 nitrogen and oxygen atoms in total. The maximum absolute atomic E-state index is 13.6. The number of aromatic nitrogens is 3. The van der Waals surface area contributed by atoms with E-state index in [9.17, 15) is 9.18 Å². The van der Waals surface area contributed by atoms with Crippen LogP contribution in [0.1, 0.15) is 16.1 Å². The maximum Gasteiger partial charge on any atom is 0.216 e. The van der Waals surface area contributed by atoms with Crippen molar-refractivity contribution in [2.24, 2.45) is 0 Å². The molecule has 0 unspecified atom stereocenters. The predicted octanol–water partition coefficient (Wildman–Crippen LogP) is 3.42. The average molecular weight is 309 g/mol. The van der Waals surface area contributed by atoms with Crippen LogP contribution in [0.25, 0.3) is 21.8 Å². The summed E-state index contributed by atoms with van der Waals surface area (Å²) in [5.41, 5.74) is 2.16. The van der Waals surface area contributed by atoms with Gasteiger partial charge in [0.15, 0.2) is 0 Å². The molecule has 0 fully saturated rings. The van der Waals surface area contributed by atoms with E-state index in [1.807, 2.05) is 18.2 Å². The van der Waals surface area contributed by atoms with Crippen molar-refractivity contribution in [1.82, 2.24) is 15.2 Å². The fourth-order valence-electron chi connectivity index (χ4n) is 2.64. The van der Waals surface area contributed by atoms with Crippen molar-refractivity contribution < 1.29 is 13.9 Å². The van der Waals surface area contributed by atoms with Gasteiger partial charge in [-0.25, -0.2) is 0 Å². The van der Waals surface area contributed by atoms with Crippen LogP contribution >= 0.6 is 0 Å². The van der Waals surface area contributed by atoms with Crippen molar-refractivity contribution in [3.8, 4) is 5.75 Å². The molecule has 2 aromatic heterocycles. The summed E-state index contributed by atoms with van der Waals surface area (Å²) in [6.45, 7) is 0. The second-order valence-electron chi connectivity index (χ2n) is 5.23. The molecule has 0 aliphatic carbocycles. The minimum atomic E-state index is -0.545. The van der Waals surface area contributed by atoms with Crippen LogP contribution in [0.4, 0.5) is 4.39 Å². The molecule has 6 heteroatoms. The number of nitrogens with zero attached hydrogens (tertiary/aromatic N) is 1. The molecule has 4 rings (SSSR count). The Kier molecular flexibility index (Phi) is 2.90. The number of ether oxygens (including phenoxy) is 1. The number of rotatable bonds is 3. The molecule has 0 aliphatic heterocycles. The van der Waals surface area contributed by atoms with Crippen LogP contribution in [0.15, 0.2) is 42.5 Å². The minimum Gasteiger partial charge on any atom is -0.497 e. The number of benzene rings is 2. The lowest BCUT2D eigenvalue weighted by Crippen LogP contribution is -2.01. The lowest BCUT2D eigenvalue weighted by molar-refractivity contribution is 0.103. The van der Waals surface area contributed by atoms with Gasteiger partial charge in [-0.15, -0.1) is 0 Å². The second-order valence-corrected chi connectivity index (χ2v) is 5.23. The van der Waals surface area contributed by atoms with Crippen LogP contribution in [0.2, 0.25) is 0 Å². The molecule has 114 valence electrons. The van der Waals surface area contributed by atoms with Gasteiger partial charge in [0, 0.05) is 16.5 Å². The molecule has 0 saturated heterocycles. The Morgan fingerprint density at radius 1 is 1.17 bits per heavy atom. The molecule has 2 heterocycles. The Morgan fingerprint density at radius 2 is 2.04 bits per heavy atom. The van der Waals surface area contributed by atoms with Gasteiger partial charge in [-0.1, -0.05) is 0 Å². The average Bonchev–Trinajstić information content (AvgIpc) is 3.17. The summed E-state index contributed by atoms with van der Waals surface area (Å²) in [5.74, 6) is -0.0314. The second kappa shape index (κ2) is 4.95. The van der Waals surface area contributed by atoms with Crippen molar-refractivity contribution in [3.05, 3.63) is 59.7 Å². The third-order valence-corrected chi connectivity index (χ3v) is 3.84. The first-order chi connectivity index (χ1) is 11.2. The van der Waals surface area contributed by atoms with E-state index in [0.29, 0.717) is 22.2 Å². The van der Waals surface area contributed by atoms with Crippen LogP contribution in [-0.2, 0) is 0 Å². The topological polar surface area (TPSA) is 70.8 Å². The zero-order chi connectivity index (χ0) is 16.0. The molecular weight excluding hydrogens is 297 g/mol. The van der Waals surface area contributed by atoms with Crippen molar-refractivity contribution in [2.45, 2.75) is 0 Å². The van der Waals surface area contributed by atoms with E-state index in [1.54, 1.807) is 25.3 Å². The van der Waals surface area contributed by atoms with Gasteiger partial charge in [0.25, 0.3) is 0 Å². The van der Waals surface area contributed by atoms with Crippen molar-refractivity contribution in [3.63, 3.8) is 0 Å². The standard InChI is InChI=1S/C17H12FN3O2/c1-23-11-3-5-13-10(6-11)8-15(19-13)16(22)9-2-4-14-12(7-9)17(18)21-20-14/h2-8,19H,1H3,(H,20,21). The molecule has 0 amide bonds. The molecule has 0 radical (unpaired) electrons. The van der Waals surface area contributed by atoms with E-state index < -0.39 is 5.95 Å². The van der Waals surface area contributed by atoms with Crippen LogP contribution in [-0.4, -0.2) is 28.1 Å². The number of fused-ring (bicyclic) bond motifs is 2. The molecule has 2 aromatic carbocycles. The molecular formula is C17H12FN3O2. The zero-order valence-electron chi connectivity index (χ0n) is 12.2. The number of halogens is 1. The summed E-state index contributed by atoms with van der Waals surface area (Å²) in [7, 11) is 1.59. The van der Waals surface area contributed by atoms with E-state index in [2.05, 4.69) is 15.2 Å². The molecule has 0 spiro atoms. The fraction of sp³-hybridized carbons (Fsp3) is 0.0588. The van der Waals surface area contributed by atoms with Gasteiger partial charge in [-0.05, 0) is 42.5 Å². The van der Waals surface area contributed by atoms with E-state index in [1.165, 1.54) is 6.07 Å². The highest BCUT2D eigenvalue weighted by Gasteiger charge is 2.15. The summed E-state index contributed by atoms with van der Waals surface area (Å²) < 4.78 is 18.8. The SMILES string of the molecule is COc1ccc2[nH]c(C(=O)c3ccc4n[nH]c(F)c4c3)cc2c1. The van der Waals surface area contributed by atoms with Gasteiger partial charge in [0.1, 0.15) is 5.75 Å². The smallest absolute Gasteiger partial charge is 0.216 e. The Bertz CT molecular complexity index is 1050. The molecule has 2 N–H and O–H groups in total. The van der Waals surface area contributed by atoms with Gasteiger partial charge in [0.05, 0.1) is 23.7 Å². The van der Waals surface area contributed by atoms with Gasteiger partial charge >= 0.3 is 0 Å². The number of H-pyrrole nitrogens is 2. The first-order valence-electron chi connectivity index (χ1n) is 7.01. The summed E-state index contributed by atoms with van der Waals surface area (Å²) >= 11 is 0. The first kappa shape index (κ1) is 13.5. The largest absolute Gasteiger partial charge is 0.497 e. The zero-order valence-corrected chi connectivity index (χ0v) is 12.2. The highest BCUT2D eigenvalue weighted by atomic mass is 19.1. The van der Waals surface area contributed by atoms with Crippen LogP contribution in [0.5, 0.6) is 5.75 Å². The van der Waals surface area contributed by atoms with Crippen molar-refractivity contribution in [2.75, 3.05) is 7.11 Å². The Morgan fingerprint density at radius 3 is 2.87 bits per heavy atom. The highest BCUT2D eigenvalue weighted by molar-refractivity contribution is 6.11. The van der Waals surface area contributed by atoms with E-state index in [0.717, 1.165) is 16.7 Å². The van der Waals surface area contributed by atoms with E-state index in [4.69, 9.17) is 4.74 Å². The summed E-state index contributed by atoms with van der Waals surface area (Å²) in [4.78, 5) is 15.7. The predicted molar refractivity (Wildman–Crippen MR) is 84.3 cm³/mol. The number of ketones is 1. The third kappa shape index (κ3) is 2.15. The van der Waals surface area contributed by atoms with Gasteiger partial charge in [-0.3, -0.25) is 9.89 Å². The van der Waals surface area contributed by atoms with Gasteiger partial charge in [0.2, 0.25) is 11.7 Å². The minimum absolute atomic E-state index is 0.206. The summed E-state index contributed by atoms with van der Waals surface area (Å²) in [6.07, 6.45) is 0. The van der Waals surface area contributed by atoms with Crippen molar-refractivity contribution in [1.29, 1.82) is 0 Å². The summed E-state index contributed by atoms with van der Waals surface area (Å²) in [5, 5.41) is 7.26. The van der Waals surface area contributed by atoms with Gasteiger partial charge < -0.3 is 9.72 Å².